The van der Waals surface area contributed by atoms with Crippen molar-refractivity contribution in [3.63, 3.8) is 0 Å². The number of hydrogen-bond donors (Lipinski definition) is 0. The molecule has 164 valence electrons. The zero-order valence-electron chi connectivity index (χ0n) is 18.1. The average molecular weight is 426 g/mol. The Balaban J connectivity index is 1.74. The van der Waals surface area contributed by atoms with Crippen molar-refractivity contribution >= 4 is 5.97 Å². The molecule has 0 saturated heterocycles. The smallest absolute Gasteiger partial charge is 0.338 e. The number of esters is 1. The summed E-state index contributed by atoms with van der Waals surface area (Å²) in [5.41, 5.74) is 2.23. The summed E-state index contributed by atoms with van der Waals surface area (Å²) in [5, 5.41) is 3.94. The largest absolute Gasteiger partial charge is 0.490 e. The van der Waals surface area contributed by atoms with Gasteiger partial charge in [-0.1, -0.05) is 35.0 Å². The van der Waals surface area contributed by atoms with Gasteiger partial charge < -0.3 is 23.5 Å². The topological polar surface area (TPSA) is 92.9 Å². The van der Waals surface area contributed by atoms with Crippen LogP contribution in [0.1, 0.15) is 42.6 Å². The molecule has 3 aromatic rings. The lowest BCUT2D eigenvalue weighted by Gasteiger charge is -2.16. The summed E-state index contributed by atoms with van der Waals surface area (Å²) >= 11 is 0. The molecule has 0 atom stereocenters. The van der Waals surface area contributed by atoms with E-state index in [2.05, 4.69) is 10.1 Å². The molecule has 1 heterocycles. The number of ether oxygens (including phenoxy) is 4. The van der Waals surface area contributed by atoms with Crippen LogP contribution in [0.15, 0.2) is 40.9 Å². The monoisotopic (exact) mass is 426 g/mol. The van der Waals surface area contributed by atoms with E-state index >= 15 is 0 Å². The fourth-order valence-corrected chi connectivity index (χ4v) is 2.85. The lowest BCUT2D eigenvalue weighted by atomic mass is 10.1. The van der Waals surface area contributed by atoms with Crippen LogP contribution in [0, 0.1) is 6.92 Å². The maximum Gasteiger partial charge on any atom is 0.338 e. The van der Waals surface area contributed by atoms with E-state index in [1.807, 2.05) is 52.0 Å². The molecule has 0 radical (unpaired) electrons. The second kappa shape index (κ2) is 10.5. The molecular weight excluding hydrogens is 400 g/mol. The van der Waals surface area contributed by atoms with E-state index < -0.39 is 5.97 Å². The van der Waals surface area contributed by atoms with Gasteiger partial charge in [0.25, 0.3) is 5.89 Å². The molecule has 0 aliphatic carbocycles. The SMILES string of the molecule is CCOc1cc(C(=O)OCc2nc(-c3ccc(C)cc3)no2)cc(OCC)c1OCC. The second-order valence-electron chi connectivity index (χ2n) is 6.55. The summed E-state index contributed by atoms with van der Waals surface area (Å²) in [7, 11) is 0. The van der Waals surface area contributed by atoms with Gasteiger partial charge in [-0.05, 0) is 39.8 Å². The Hall–Kier alpha value is -3.55. The standard InChI is InChI=1S/C23H26N2O6/c1-5-27-18-12-17(13-19(28-6-2)21(18)29-7-3)23(26)30-14-20-24-22(25-31-20)16-10-8-15(4)9-11-16/h8-13H,5-7,14H2,1-4H3. The van der Waals surface area contributed by atoms with Gasteiger partial charge in [0.1, 0.15) is 0 Å². The van der Waals surface area contributed by atoms with Gasteiger partial charge in [0, 0.05) is 5.56 Å². The number of hydrogen-bond acceptors (Lipinski definition) is 8. The van der Waals surface area contributed by atoms with Gasteiger partial charge in [0.2, 0.25) is 11.6 Å². The average Bonchev–Trinajstić information content (AvgIpc) is 3.24. The molecule has 1 aromatic heterocycles. The first-order chi connectivity index (χ1) is 15.0. The van der Waals surface area contributed by atoms with Gasteiger partial charge in [-0.15, -0.1) is 0 Å². The van der Waals surface area contributed by atoms with Crippen molar-refractivity contribution in [2.24, 2.45) is 0 Å². The Labute approximate surface area is 181 Å². The van der Waals surface area contributed by atoms with Gasteiger partial charge in [0.15, 0.2) is 18.1 Å². The molecule has 0 bridgehead atoms. The van der Waals surface area contributed by atoms with Crippen molar-refractivity contribution in [2.45, 2.75) is 34.3 Å². The van der Waals surface area contributed by atoms with Crippen LogP contribution in [0.2, 0.25) is 0 Å². The molecule has 8 heteroatoms. The Morgan fingerprint density at radius 3 is 2.13 bits per heavy atom. The Morgan fingerprint density at radius 2 is 1.55 bits per heavy atom. The highest BCUT2D eigenvalue weighted by molar-refractivity contribution is 5.91. The molecule has 8 nitrogen and oxygen atoms in total. The quantitative estimate of drug-likeness (QED) is 0.434. The number of carbonyl (C=O) groups excluding carboxylic acids is 1. The van der Waals surface area contributed by atoms with Gasteiger partial charge in [-0.2, -0.15) is 4.98 Å². The van der Waals surface area contributed by atoms with E-state index in [0.29, 0.717) is 42.9 Å². The minimum atomic E-state index is -0.569. The lowest BCUT2D eigenvalue weighted by Crippen LogP contribution is -2.09. The zero-order valence-corrected chi connectivity index (χ0v) is 18.1. The van der Waals surface area contributed by atoms with E-state index in [-0.39, 0.29) is 18.1 Å². The number of aromatic nitrogens is 2. The third kappa shape index (κ3) is 5.53. The summed E-state index contributed by atoms with van der Waals surface area (Å²) in [4.78, 5) is 16.9. The zero-order chi connectivity index (χ0) is 22.2. The van der Waals surface area contributed by atoms with E-state index in [4.69, 9.17) is 23.5 Å². The maximum absolute atomic E-state index is 12.7. The van der Waals surface area contributed by atoms with Gasteiger partial charge in [-0.25, -0.2) is 4.79 Å². The van der Waals surface area contributed by atoms with Crippen LogP contribution in [0.4, 0.5) is 0 Å². The van der Waals surface area contributed by atoms with Crippen LogP contribution >= 0.6 is 0 Å². The minimum Gasteiger partial charge on any atom is -0.490 e. The highest BCUT2D eigenvalue weighted by Crippen LogP contribution is 2.39. The second-order valence-corrected chi connectivity index (χ2v) is 6.55. The molecule has 2 aromatic carbocycles. The van der Waals surface area contributed by atoms with Gasteiger partial charge in [-0.3, -0.25) is 0 Å². The number of aryl methyl sites for hydroxylation is 1. The van der Waals surface area contributed by atoms with Crippen molar-refractivity contribution in [1.29, 1.82) is 0 Å². The maximum atomic E-state index is 12.7. The number of carbonyl (C=O) groups is 1. The first-order valence-corrected chi connectivity index (χ1v) is 10.2. The molecule has 3 rings (SSSR count). The van der Waals surface area contributed by atoms with E-state index in [1.54, 1.807) is 12.1 Å². The van der Waals surface area contributed by atoms with Gasteiger partial charge in [0.05, 0.1) is 25.4 Å². The fourth-order valence-electron chi connectivity index (χ4n) is 2.85. The Bertz CT molecular complexity index is 986. The molecule has 31 heavy (non-hydrogen) atoms. The summed E-state index contributed by atoms with van der Waals surface area (Å²) in [6.07, 6.45) is 0. The molecule has 0 unspecified atom stereocenters. The highest BCUT2D eigenvalue weighted by atomic mass is 16.6. The normalized spacial score (nSPS) is 10.6. The van der Waals surface area contributed by atoms with Crippen molar-refractivity contribution in [1.82, 2.24) is 10.1 Å². The fraction of sp³-hybridized carbons (Fsp3) is 0.348. The molecule has 0 aliphatic heterocycles. The molecule has 0 saturated carbocycles. The molecule has 0 N–H and O–H groups in total. The van der Waals surface area contributed by atoms with Crippen molar-refractivity contribution in [2.75, 3.05) is 19.8 Å². The van der Waals surface area contributed by atoms with Crippen LogP contribution in [0.3, 0.4) is 0 Å². The third-order valence-electron chi connectivity index (χ3n) is 4.25. The first-order valence-electron chi connectivity index (χ1n) is 10.2. The molecule has 0 aliphatic rings. The summed E-state index contributed by atoms with van der Waals surface area (Å²) in [6.45, 7) is 8.66. The van der Waals surface area contributed by atoms with Crippen LogP contribution in [-0.4, -0.2) is 35.9 Å². The van der Waals surface area contributed by atoms with Crippen molar-refractivity contribution < 1.29 is 28.3 Å². The van der Waals surface area contributed by atoms with E-state index in [0.717, 1.165) is 11.1 Å². The number of rotatable bonds is 10. The predicted molar refractivity (Wildman–Crippen MR) is 114 cm³/mol. The molecule has 0 amide bonds. The highest BCUT2D eigenvalue weighted by Gasteiger charge is 2.20. The molecular formula is C23H26N2O6. The minimum absolute atomic E-state index is 0.154. The van der Waals surface area contributed by atoms with E-state index in [1.165, 1.54) is 0 Å². The Kier molecular flexibility index (Phi) is 7.48. The van der Waals surface area contributed by atoms with Gasteiger partial charge >= 0.3 is 5.97 Å². The third-order valence-corrected chi connectivity index (χ3v) is 4.25. The predicted octanol–water partition coefficient (Wildman–Crippen LogP) is 4.60. The summed E-state index contributed by atoms with van der Waals surface area (Å²) in [5.74, 6) is 1.36. The first kappa shape index (κ1) is 22.1. The van der Waals surface area contributed by atoms with Crippen molar-refractivity contribution in [3.05, 3.63) is 53.4 Å². The lowest BCUT2D eigenvalue weighted by molar-refractivity contribution is 0.0428. The van der Waals surface area contributed by atoms with Crippen LogP contribution < -0.4 is 14.2 Å². The summed E-state index contributed by atoms with van der Waals surface area (Å²) in [6, 6.07) is 10.9. The van der Waals surface area contributed by atoms with Crippen LogP contribution in [0.5, 0.6) is 17.2 Å². The van der Waals surface area contributed by atoms with Crippen molar-refractivity contribution in [3.8, 4) is 28.6 Å². The number of nitrogens with zero attached hydrogens (tertiary/aromatic N) is 2. The Morgan fingerprint density at radius 1 is 0.935 bits per heavy atom. The number of benzene rings is 2. The van der Waals surface area contributed by atoms with Crippen LogP contribution in [-0.2, 0) is 11.3 Å². The van der Waals surface area contributed by atoms with E-state index in [9.17, 15) is 4.79 Å². The molecule has 0 fully saturated rings. The van der Waals surface area contributed by atoms with Crippen LogP contribution in [0.25, 0.3) is 11.4 Å². The summed E-state index contributed by atoms with van der Waals surface area (Å²) < 4.78 is 27.5. The molecule has 0 spiro atoms.